The molecule has 2 rings (SSSR count). The van der Waals surface area contributed by atoms with Crippen LogP contribution in [-0.4, -0.2) is 30.6 Å². The fraction of sp³-hybridized carbons (Fsp3) is 0.429. The number of anilines is 1. The van der Waals surface area contributed by atoms with Gasteiger partial charge in [0.1, 0.15) is 5.75 Å². The Morgan fingerprint density at radius 3 is 2.79 bits per heavy atom. The summed E-state index contributed by atoms with van der Waals surface area (Å²) in [5, 5.41) is 8.98. The highest BCUT2D eigenvalue weighted by molar-refractivity contribution is 5.95. The molecular formula is C14H17NO4. The van der Waals surface area contributed by atoms with Gasteiger partial charge in [-0.25, -0.2) is 0 Å². The molecule has 5 nitrogen and oxygen atoms in total. The SMILES string of the molecule is COc1cccc2c1N(C(C)=O)CCC2CC(=O)O. The molecule has 1 N–H and O–H groups in total. The molecule has 102 valence electrons. The van der Waals surface area contributed by atoms with Crippen molar-refractivity contribution in [1.29, 1.82) is 0 Å². The quantitative estimate of drug-likeness (QED) is 0.905. The normalized spacial score (nSPS) is 17.8. The van der Waals surface area contributed by atoms with E-state index < -0.39 is 5.97 Å². The van der Waals surface area contributed by atoms with Crippen molar-refractivity contribution in [2.24, 2.45) is 0 Å². The molecule has 1 unspecified atom stereocenters. The van der Waals surface area contributed by atoms with Crippen LogP contribution in [0.4, 0.5) is 5.69 Å². The number of ether oxygens (including phenoxy) is 1. The molecule has 1 atom stereocenters. The zero-order chi connectivity index (χ0) is 14.0. The summed E-state index contributed by atoms with van der Waals surface area (Å²) in [4.78, 5) is 24.3. The Morgan fingerprint density at radius 2 is 2.21 bits per heavy atom. The average Bonchev–Trinajstić information content (AvgIpc) is 2.37. The zero-order valence-corrected chi connectivity index (χ0v) is 11.0. The molecule has 5 heteroatoms. The van der Waals surface area contributed by atoms with Gasteiger partial charge < -0.3 is 14.7 Å². The number of rotatable bonds is 3. The van der Waals surface area contributed by atoms with Crippen LogP contribution in [-0.2, 0) is 9.59 Å². The number of methoxy groups -OCH3 is 1. The Morgan fingerprint density at radius 1 is 1.47 bits per heavy atom. The van der Waals surface area contributed by atoms with Crippen LogP contribution in [0.5, 0.6) is 5.75 Å². The number of carboxylic acid groups (broad SMARTS) is 1. The number of amides is 1. The van der Waals surface area contributed by atoms with Gasteiger partial charge in [0.05, 0.1) is 19.2 Å². The molecule has 0 aliphatic carbocycles. The first kappa shape index (κ1) is 13.4. The number of fused-ring (bicyclic) bond motifs is 1. The highest BCUT2D eigenvalue weighted by atomic mass is 16.5. The molecule has 1 amide bonds. The van der Waals surface area contributed by atoms with Gasteiger partial charge >= 0.3 is 5.97 Å². The van der Waals surface area contributed by atoms with Gasteiger partial charge in [0.25, 0.3) is 0 Å². The number of hydrogen-bond donors (Lipinski definition) is 1. The van der Waals surface area contributed by atoms with Crippen LogP contribution >= 0.6 is 0 Å². The van der Waals surface area contributed by atoms with Gasteiger partial charge in [-0.05, 0) is 24.0 Å². The predicted molar refractivity (Wildman–Crippen MR) is 70.6 cm³/mol. The molecule has 0 fully saturated rings. The topological polar surface area (TPSA) is 66.8 Å². The zero-order valence-electron chi connectivity index (χ0n) is 11.0. The van der Waals surface area contributed by atoms with Crippen molar-refractivity contribution in [3.05, 3.63) is 23.8 Å². The third kappa shape index (κ3) is 2.54. The minimum atomic E-state index is -0.824. The number of para-hydroxylation sites is 1. The fourth-order valence-electron chi connectivity index (χ4n) is 2.61. The van der Waals surface area contributed by atoms with Crippen molar-refractivity contribution in [2.75, 3.05) is 18.6 Å². The fourth-order valence-corrected chi connectivity index (χ4v) is 2.61. The van der Waals surface area contributed by atoms with E-state index in [-0.39, 0.29) is 18.2 Å². The lowest BCUT2D eigenvalue weighted by atomic mass is 9.87. The van der Waals surface area contributed by atoms with Gasteiger partial charge in [-0.2, -0.15) is 0 Å². The summed E-state index contributed by atoms with van der Waals surface area (Å²) < 4.78 is 5.31. The van der Waals surface area contributed by atoms with E-state index in [9.17, 15) is 9.59 Å². The van der Waals surface area contributed by atoms with Crippen molar-refractivity contribution in [1.82, 2.24) is 0 Å². The van der Waals surface area contributed by atoms with E-state index in [1.165, 1.54) is 6.92 Å². The Kier molecular flexibility index (Phi) is 3.74. The van der Waals surface area contributed by atoms with Crippen molar-refractivity contribution in [3.8, 4) is 5.75 Å². The van der Waals surface area contributed by atoms with Crippen LogP contribution in [0.15, 0.2) is 18.2 Å². The van der Waals surface area contributed by atoms with E-state index in [1.54, 1.807) is 18.1 Å². The molecule has 1 aliphatic rings. The van der Waals surface area contributed by atoms with E-state index in [0.717, 1.165) is 11.3 Å². The van der Waals surface area contributed by atoms with E-state index in [2.05, 4.69) is 0 Å². The third-order valence-corrected chi connectivity index (χ3v) is 3.46. The number of nitrogens with zero attached hydrogens (tertiary/aromatic N) is 1. The number of hydrogen-bond acceptors (Lipinski definition) is 3. The van der Waals surface area contributed by atoms with Crippen LogP contribution in [0.25, 0.3) is 0 Å². The van der Waals surface area contributed by atoms with E-state index in [0.29, 0.717) is 18.7 Å². The summed E-state index contributed by atoms with van der Waals surface area (Å²) in [5.41, 5.74) is 1.60. The number of carbonyl (C=O) groups is 2. The molecule has 0 aromatic heterocycles. The second-order valence-corrected chi connectivity index (χ2v) is 4.65. The summed E-state index contributed by atoms with van der Waals surface area (Å²) in [6.07, 6.45) is 0.734. The lowest BCUT2D eigenvalue weighted by Gasteiger charge is -2.34. The van der Waals surface area contributed by atoms with Gasteiger partial charge in [-0.1, -0.05) is 12.1 Å². The lowest BCUT2D eigenvalue weighted by Crippen LogP contribution is -2.35. The summed E-state index contributed by atoms with van der Waals surface area (Å²) >= 11 is 0. The molecule has 0 saturated carbocycles. The molecule has 1 aliphatic heterocycles. The molecule has 0 radical (unpaired) electrons. The van der Waals surface area contributed by atoms with Crippen molar-refractivity contribution >= 4 is 17.6 Å². The summed E-state index contributed by atoms with van der Waals surface area (Å²) in [5.74, 6) is -0.337. The first-order chi connectivity index (χ1) is 9.04. The molecule has 0 bridgehead atoms. The van der Waals surface area contributed by atoms with Crippen LogP contribution in [0.3, 0.4) is 0 Å². The summed E-state index contributed by atoms with van der Waals surface area (Å²) in [6, 6.07) is 5.49. The van der Waals surface area contributed by atoms with Crippen molar-refractivity contribution < 1.29 is 19.4 Å². The number of carboxylic acids is 1. The first-order valence-electron chi connectivity index (χ1n) is 6.21. The number of benzene rings is 1. The summed E-state index contributed by atoms with van der Waals surface area (Å²) in [7, 11) is 1.55. The van der Waals surface area contributed by atoms with Crippen LogP contribution in [0, 0.1) is 0 Å². The van der Waals surface area contributed by atoms with Crippen LogP contribution in [0.1, 0.15) is 31.2 Å². The van der Waals surface area contributed by atoms with Gasteiger partial charge in [0.15, 0.2) is 0 Å². The second-order valence-electron chi connectivity index (χ2n) is 4.65. The van der Waals surface area contributed by atoms with Crippen molar-refractivity contribution in [2.45, 2.75) is 25.7 Å². The Balaban J connectivity index is 2.49. The van der Waals surface area contributed by atoms with Gasteiger partial charge in [0, 0.05) is 13.5 Å². The molecule has 1 aromatic rings. The average molecular weight is 263 g/mol. The standard InChI is InChI=1S/C14H17NO4/c1-9(16)15-7-6-10(8-13(17)18)11-4-3-5-12(19-2)14(11)15/h3-5,10H,6-8H2,1-2H3,(H,17,18). The predicted octanol–water partition coefficient (Wildman–Crippen LogP) is 2.01. The number of carbonyl (C=O) groups excluding carboxylic acids is 1. The van der Waals surface area contributed by atoms with Gasteiger partial charge in [0.2, 0.25) is 5.91 Å². The highest BCUT2D eigenvalue weighted by Crippen LogP contribution is 2.42. The van der Waals surface area contributed by atoms with E-state index in [4.69, 9.17) is 9.84 Å². The smallest absolute Gasteiger partial charge is 0.303 e. The monoisotopic (exact) mass is 263 g/mol. The minimum absolute atomic E-state index is 0.0560. The second kappa shape index (κ2) is 5.30. The maximum absolute atomic E-state index is 11.7. The summed E-state index contributed by atoms with van der Waals surface area (Å²) in [6.45, 7) is 2.04. The Bertz CT molecular complexity index is 512. The van der Waals surface area contributed by atoms with E-state index in [1.807, 2.05) is 12.1 Å². The molecule has 19 heavy (non-hydrogen) atoms. The van der Waals surface area contributed by atoms with Gasteiger partial charge in [-0.15, -0.1) is 0 Å². The van der Waals surface area contributed by atoms with Crippen LogP contribution < -0.4 is 9.64 Å². The highest BCUT2D eigenvalue weighted by Gasteiger charge is 2.30. The first-order valence-corrected chi connectivity index (χ1v) is 6.21. The van der Waals surface area contributed by atoms with Crippen LogP contribution in [0.2, 0.25) is 0 Å². The molecule has 1 aromatic carbocycles. The minimum Gasteiger partial charge on any atom is -0.495 e. The molecule has 0 saturated heterocycles. The largest absolute Gasteiger partial charge is 0.495 e. The van der Waals surface area contributed by atoms with Gasteiger partial charge in [-0.3, -0.25) is 9.59 Å². The number of aliphatic carboxylic acids is 1. The Labute approximate surface area is 111 Å². The lowest BCUT2D eigenvalue weighted by molar-refractivity contribution is -0.137. The third-order valence-electron chi connectivity index (χ3n) is 3.46. The maximum atomic E-state index is 11.7. The molecule has 1 heterocycles. The molecular weight excluding hydrogens is 246 g/mol. The molecule has 0 spiro atoms. The Hall–Kier alpha value is -2.04. The van der Waals surface area contributed by atoms with E-state index >= 15 is 0 Å². The van der Waals surface area contributed by atoms with Crippen molar-refractivity contribution in [3.63, 3.8) is 0 Å². The maximum Gasteiger partial charge on any atom is 0.303 e.